The maximum atomic E-state index is 11.3. The van der Waals surface area contributed by atoms with Crippen molar-refractivity contribution in [1.29, 1.82) is 0 Å². The lowest BCUT2D eigenvalue weighted by Crippen LogP contribution is -2.61. The predicted octanol–water partition coefficient (Wildman–Crippen LogP) is 5.15. The van der Waals surface area contributed by atoms with E-state index in [0.717, 1.165) is 0 Å². The van der Waals surface area contributed by atoms with Crippen molar-refractivity contribution >= 4 is 49.4 Å². The van der Waals surface area contributed by atoms with Gasteiger partial charge in [-0.25, -0.2) is 0 Å². The summed E-state index contributed by atoms with van der Waals surface area (Å²) in [5.41, 5.74) is 0. The van der Waals surface area contributed by atoms with E-state index in [2.05, 4.69) is 58.9 Å². The lowest BCUT2D eigenvalue weighted by atomic mass is 10.1. The van der Waals surface area contributed by atoms with Crippen LogP contribution in [-0.4, -0.2) is 77.9 Å². The summed E-state index contributed by atoms with van der Waals surface area (Å²) in [6.07, 6.45) is -1.87. The van der Waals surface area contributed by atoms with Crippen LogP contribution in [0, 0.1) is 0 Å². The zero-order chi connectivity index (χ0) is 28.3. The van der Waals surface area contributed by atoms with E-state index >= 15 is 0 Å². The maximum Gasteiger partial charge on any atom is 0.248 e. The van der Waals surface area contributed by atoms with Crippen LogP contribution in [-0.2, 0) is 31.0 Å². The van der Waals surface area contributed by atoms with E-state index in [1.165, 1.54) is 0 Å². The number of aliphatic hydroxyl groups excluding tert-OH is 1. The van der Waals surface area contributed by atoms with Gasteiger partial charge in [-0.3, -0.25) is 4.57 Å². The average Bonchev–Trinajstić information content (AvgIpc) is 2.45. The fourth-order valence-electron chi connectivity index (χ4n) is 3.09. The second-order valence-electron chi connectivity index (χ2n) is 13.7. The summed E-state index contributed by atoms with van der Waals surface area (Å²) in [6, 6.07) is 0. The van der Waals surface area contributed by atoms with Crippen LogP contribution in [0.4, 0.5) is 0 Å². The molecule has 0 aromatic carbocycles. The van der Waals surface area contributed by atoms with Crippen LogP contribution < -0.4 is 4.89 Å². The highest BCUT2D eigenvalue weighted by Crippen LogP contribution is 2.44. The minimum absolute atomic E-state index is 0.178. The highest BCUT2D eigenvalue weighted by Gasteiger charge is 2.46. The first kappa shape index (κ1) is 36.0. The summed E-state index contributed by atoms with van der Waals surface area (Å²) in [4.78, 5) is 11.3. The van der Waals surface area contributed by atoms with E-state index in [1.54, 1.807) is 0 Å². The summed E-state index contributed by atoms with van der Waals surface area (Å²) >= 11 is 0. The SMILES string of the molecule is C[Si](C)(C)OP(=O)([O-])O[Si](C)(C)C.C[Si](C)(C)O[C@H]1[C@H](O[Si](C)(C)C)COC(O)[C@@H]1O[Si](C)(C)C. The Kier molecular flexibility index (Phi) is 13.3. The normalized spacial score (nSPS) is 25.2. The summed E-state index contributed by atoms with van der Waals surface area (Å²) in [6.45, 7) is 30.4. The van der Waals surface area contributed by atoms with Crippen molar-refractivity contribution in [2.75, 3.05) is 6.61 Å². The summed E-state index contributed by atoms with van der Waals surface area (Å²) in [7, 11) is -13.6. The fourth-order valence-corrected chi connectivity index (χ4v) is 12.2. The van der Waals surface area contributed by atoms with E-state index in [1.807, 2.05) is 39.3 Å². The number of hydrogen-bond acceptors (Lipinski definition) is 9. The molecule has 35 heavy (non-hydrogen) atoms. The Morgan fingerprint density at radius 3 is 1.31 bits per heavy atom. The average molecular weight is 608 g/mol. The van der Waals surface area contributed by atoms with Crippen LogP contribution in [0.5, 0.6) is 0 Å². The van der Waals surface area contributed by atoms with Gasteiger partial charge in [-0.15, -0.1) is 0 Å². The monoisotopic (exact) mass is 607 g/mol. The molecule has 4 atom stereocenters. The van der Waals surface area contributed by atoms with Gasteiger partial charge in [0.15, 0.2) is 47.9 Å². The first-order valence-corrected chi connectivity index (χ1v) is 30.7. The van der Waals surface area contributed by atoms with Crippen molar-refractivity contribution in [2.24, 2.45) is 0 Å². The van der Waals surface area contributed by atoms with Gasteiger partial charge in [0.2, 0.25) is 7.82 Å². The van der Waals surface area contributed by atoms with Gasteiger partial charge in [-0.05, 0) is 98.2 Å². The molecule has 1 N–H and O–H groups in total. The van der Waals surface area contributed by atoms with E-state index in [0.29, 0.717) is 6.61 Å². The van der Waals surface area contributed by atoms with Crippen molar-refractivity contribution in [3.05, 3.63) is 0 Å². The van der Waals surface area contributed by atoms with Gasteiger partial charge < -0.3 is 36.4 Å². The zero-order valence-electron chi connectivity index (χ0n) is 24.7. The molecule has 0 aliphatic carbocycles. The molecule has 9 nitrogen and oxygen atoms in total. The summed E-state index contributed by atoms with van der Waals surface area (Å²) < 4.78 is 45.6. The van der Waals surface area contributed by atoms with Crippen molar-refractivity contribution in [3.63, 3.8) is 0 Å². The second-order valence-corrected chi connectivity index (χ2v) is 37.9. The van der Waals surface area contributed by atoms with Crippen molar-refractivity contribution in [3.8, 4) is 0 Å². The number of aliphatic hydroxyl groups is 1. The third-order valence-electron chi connectivity index (χ3n) is 3.66. The molecule has 0 bridgehead atoms. The summed E-state index contributed by atoms with van der Waals surface area (Å²) in [5, 5.41) is 10.3. The Balaban J connectivity index is 0.000000761. The fraction of sp³-hybridized carbons (Fsp3) is 1.00. The Morgan fingerprint density at radius 2 is 1.00 bits per heavy atom. The van der Waals surface area contributed by atoms with Gasteiger partial charge in [-0.1, -0.05) is 0 Å². The van der Waals surface area contributed by atoms with Crippen LogP contribution in [0.2, 0.25) is 98.2 Å². The molecule has 0 saturated carbocycles. The third kappa shape index (κ3) is 18.8. The van der Waals surface area contributed by atoms with Gasteiger partial charge in [-0.2, -0.15) is 0 Å². The second kappa shape index (κ2) is 12.9. The molecule has 212 valence electrons. The molecule has 1 saturated heterocycles. The maximum absolute atomic E-state index is 11.3. The topological polar surface area (TPSA) is 116 Å². The van der Waals surface area contributed by atoms with Crippen molar-refractivity contribution in [1.82, 2.24) is 0 Å². The quantitative estimate of drug-likeness (QED) is 0.266. The molecule has 1 aliphatic rings. The van der Waals surface area contributed by atoms with E-state index in [-0.39, 0.29) is 12.2 Å². The lowest BCUT2D eigenvalue weighted by molar-refractivity contribution is -0.240. The first-order chi connectivity index (χ1) is 15.1. The van der Waals surface area contributed by atoms with E-state index < -0.39 is 61.8 Å². The number of ether oxygens (including phenoxy) is 1. The Morgan fingerprint density at radius 1 is 0.657 bits per heavy atom. The smallest absolute Gasteiger partial charge is 0.248 e. The number of hydrogen-bond donors (Lipinski definition) is 1. The predicted molar refractivity (Wildman–Crippen MR) is 153 cm³/mol. The molecule has 0 amide bonds. The molecule has 0 radical (unpaired) electrons. The van der Waals surface area contributed by atoms with Crippen molar-refractivity contribution < 1.29 is 41.0 Å². The molecule has 1 unspecified atom stereocenters. The van der Waals surface area contributed by atoms with Crippen LogP contribution in [0.1, 0.15) is 0 Å². The van der Waals surface area contributed by atoms with Crippen LogP contribution >= 0.6 is 7.82 Å². The number of phosphoric acid groups is 1. The lowest BCUT2D eigenvalue weighted by Gasteiger charge is -2.46. The number of rotatable bonds is 10. The van der Waals surface area contributed by atoms with Crippen molar-refractivity contribution in [2.45, 2.75) is 123 Å². The van der Waals surface area contributed by atoms with Crippen LogP contribution in [0.25, 0.3) is 0 Å². The van der Waals surface area contributed by atoms with E-state index in [9.17, 15) is 14.6 Å². The molecule has 1 heterocycles. The molecule has 0 aromatic heterocycles. The van der Waals surface area contributed by atoms with Crippen LogP contribution in [0.15, 0.2) is 0 Å². The van der Waals surface area contributed by atoms with E-state index in [4.69, 9.17) is 26.4 Å². The molecular formula is C20H52O9PSi5-. The Hall–Kier alpha value is 0.994. The molecule has 15 heteroatoms. The van der Waals surface area contributed by atoms with Gasteiger partial charge in [0, 0.05) is 0 Å². The highest BCUT2D eigenvalue weighted by molar-refractivity contribution is 7.49. The minimum Gasteiger partial charge on any atom is -0.757 e. The van der Waals surface area contributed by atoms with Crippen LogP contribution in [0.3, 0.4) is 0 Å². The summed E-state index contributed by atoms with van der Waals surface area (Å²) in [5.74, 6) is 0. The molecular weight excluding hydrogens is 556 g/mol. The zero-order valence-corrected chi connectivity index (χ0v) is 30.6. The largest absolute Gasteiger partial charge is 0.757 e. The molecule has 0 aromatic rings. The Bertz CT molecular complexity index is 674. The molecule has 0 spiro atoms. The van der Waals surface area contributed by atoms with Gasteiger partial charge in [0.05, 0.1) is 12.7 Å². The third-order valence-corrected chi connectivity index (χ3v) is 12.8. The highest BCUT2D eigenvalue weighted by atomic mass is 31.2. The standard InChI is InChI=1S/C14H34O5Si3.C6H19O4PSi2/c1-20(2,3)17-11-10-16-14(15)13(19-22(7,8)9)12(11)18-21(4,5)6;1-12(2,3)9-11(7,8)10-13(4,5)6/h11-15H,10H2,1-9H3;1-6H3,(H,7,8)/p-1/t11-,12+,13-,14?;/m1./s1. The molecule has 1 fully saturated rings. The van der Waals surface area contributed by atoms with Gasteiger partial charge >= 0.3 is 0 Å². The van der Waals surface area contributed by atoms with Gasteiger partial charge in [0.1, 0.15) is 12.2 Å². The minimum atomic E-state index is -4.06. The Labute approximate surface area is 219 Å². The molecule has 1 aliphatic heterocycles. The molecule has 1 rings (SSSR count). The first-order valence-electron chi connectivity index (χ1n) is 12.1. The van der Waals surface area contributed by atoms with Gasteiger partial charge in [0.25, 0.3) is 0 Å².